The van der Waals surface area contributed by atoms with Gasteiger partial charge >= 0.3 is 0 Å². The van der Waals surface area contributed by atoms with Gasteiger partial charge in [-0.25, -0.2) is 0 Å². The minimum atomic E-state index is 0.000862. The number of benzene rings is 2. The molecule has 0 saturated heterocycles. The van der Waals surface area contributed by atoms with Gasteiger partial charge in [0.15, 0.2) is 0 Å². The summed E-state index contributed by atoms with van der Waals surface area (Å²) < 4.78 is 0. The normalized spacial score (nSPS) is 14.3. The average Bonchev–Trinajstić information content (AvgIpc) is 2.47. The van der Waals surface area contributed by atoms with E-state index in [4.69, 9.17) is 0 Å². The molecule has 1 aliphatic rings. The molecule has 1 fully saturated rings. The number of hydrogen-bond donors (Lipinski definition) is 2. The minimum absolute atomic E-state index is 0.000862. The van der Waals surface area contributed by atoms with Gasteiger partial charge in [-0.2, -0.15) is 0 Å². The van der Waals surface area contributed by atoms with Crippen molar-refractivity contribution in [1.29, 1.82) is 0 Å². The van der Waals surface area contributed by atoms with Gasteiger partial charge in [0.1, 0.15) is 0 Å². The molecule has 0 aromatic heterocycles. The molecule has 3 nitrogen and oxygen atoms in total. The molecule has 1 saturated carbocycles. The van der Waals surface area contributed by atoms with Gasteiger partial charge in [0.2, 0.25) is 0 Å². The molecule has 3 heteroatoms. The first-order chi connectivity index (χ1) is 10.3. The summed E-state index contributed by atoms with van der Waals surface area (Å²) in [6.07, 6.45) is 3.78. The fraction of sp³-hybridized carbons (Fsp3) is 0.278. The van der Waals surface area contributed by atoms with Crippen molar-refractivity contribution in [3.63, 3.8) is 0 Å². The van der Waals surface area contributed by atoms with Crippen LogP contribution in [0.4, 0.5) is 11.4 Å². The topological polar surface area (TPSA) is 41.1 Å². The van der Waals surface area contributed by atoms with Crippen molar-refractivity contribution in [2.75, 3.05) is 11.9 Å². The third-order valence-electron chi connectivity index (χ3n) is 4.00. The molecule has 2 aromatic rings. The molecule has 2 N–H and O–H groups in total. The molecule has 0 heterocycles. The van der Waals surface area contributed by atoms with Crippen LogP contribution in [0.15, 0.2) is 54.6 Å². The van der Waals surface area contributed by atoms with Gasteiger partial charge in [0.25, 0.3) is 5.91 Å². The Morgan fingerprint density at radius 1 is 1.00 bits per heavy atom. The zero-order chi connectivity index (χ0) is 14.5. The lowest BCUT2D eigenvalue weighted by atomic mass is 9.85. The van der Waals surface area contributed by atoms with Crippen LogP contribution in [-0.2, 0) is 0 Å². The molecule has 108 valence electrons. The van der Waals surface area contributed by atoms with Crippen molar-refractivity contribution in [3.8, 4) is 0 Å². The van der Waals surface area contributed by atoms with E-state index in [1.807, 2.05) is 54.6 Å². The number of carbonyl (C=O) groups excluding carboxylic acids is 1. The van der Waals surface area contributed by atoms with Gasteiger partial charge in [-0.05, 0) is 43.0 Å². The van der Waals surface area contributed by atoms with E-state index in [-0.39, 0.29) is 5.91 Å². The van der Waals surface area contributed by atoms with Crippen molar-refractivity contribution >= 4 is 17.3 Å². The van der Waals surface area contributed by atoms with E-state index in [9.17, 15) is 4.79 Å². The summed E-state index contributed by atoms with van der Waals surface area (Å²) in [5, 5.41) is 6.36. The first kappa shape index (κ1) is 13.7. The third-order valence-corrected chi connectivity index (χ3v) is 4.00. The molecule has 21 heavy (non-hydrogen) atoms. The second-order valence-electron chi connectivity index (χ2n) is 5.54. The van der Waals surface area contributed by atoms with E-state index in [0.717, 1.165) is 17.9 Å². The van der Waals surface area contributed by atoms with Crippen LogP contribution < -0.4 is 10.6 Å². The molecule has 0 atom stereocenters. The van der Waals surface area contributed by atoms with Crippen molar-refractivity contribution in [1.82, 2.24) is 5.32 Å². The maximum atomic E-state index is 12.3. The Kier molecular flexibility index (Phi) is 4.20. The van der Waals surface area contributed by atoms with Gasteiger partial charge in [0.05, 0.1) is 11.3 Å². The highest BCUT2D eigenvalue weighted by atomic mass is 16.1. The molecule has 0 aliphatic heterocycles. The third kappa shape index (κ3) is 3.43. The molecule has 1 aliphatic carbocycles. The zero-order valence-electron chi connectivity index (χ0n) is 12.0. The van der Waals surface area contributed by atoms with Crippen LogP contribution in [0.5, 0.6) is 0 Å². The number of hydrogen-bond acceptors (Lipinski definition) is 2. The summed E-state index contributed by atoms with van der Waals surface area (Å²) in [6, 6.07) is 17.5. The Labute approximate surface area is 125 Å². The number of carbonyl (C=O) groups is 1. The molecular formula is C18H20N2O. The number of anilines is 2. The van der Waals surface area contributed by atoms with Crippen molar-refractivity contribution in [2.45, 2.75) is 19.3 Å². The monoisotopic (exact) mass is 280 g/mol. The van der Waals surface area contributed by atoms with Gasteiger partial charge in [0, 0.05) is 12.2 Å². The summed E-state index contributed by atoms with van der Waals surface area (Å²) in [6.45, 7) is 0.790. The van der Waals surface area contributed by atoms with Gasteiger partial charge in [-0.1, -0.05) is 36.8 Å². The fourth-order valence-electron chi connectivity index (χ4n) is 2.50. The van der Waals surface area contributed by atoms with Crippen LogP contribution >= 0.6 is 0 Å². The predicted octanol–water partition coefficient (Wildman–Crippen LogP) is 3.96. The SMILES string of the molecule is O=C(NCC1CCC1)c1ccccc1Nc1ccccc1. The Bertz CT molecular complexity index is 606. The first-order valence-electron chi connectivity index (χ1n) is 7.52. The Hall–Kier alpha value is -2.29. The molecule has 3 rings (SSSR count). The highest BCUT2D eigenvalue weighted by Crippen LogP contribution is 2.26. The standard InChI is InChI=1S/C18H20N2O/c21-18(19-13-14-7-6-8-14)16-11-4-5-12-17(16)20-15-9-2-1-3-10-15/h1-5,9-12,14,20H,6-8,13H2,(H,19,21). The summed E-state index contributed by atoms with van der Waals surface area (Å²) in [5.41, 5.74) is 2.52. The largest absolute Gasteiger partial charge is 0.355 e. The van der Waals surface area contributed by atoms with E-state index < -0.39 is 0 Å². The van der Waals surface area contributed by atoms with Crippen molar-refractivity contribution in [3.05, 3.63) is 60.2 Å². The fourth-order valence-corrected chi connectivity index (χ4v) is 2.50. The van der Waals surface area contributed by atoms with Crippen molar-refractivity contribution < 1.29 is 4.79 Å². The lowest BCUT2D eigenvalue weighted by Gasteiger charge is -2.25. The number of nitrogens with one attached hydrogen (secondary N) is 2. The van der Waals surface area contributed by atoms with E-state index in [1.54, 1.807) is 0 Å². The highest BCUT2D eigenvalue weighted by Gasteiger charge is 2.19. The lowest BCUT2D eigenvalue weighted by molar-refractivity contribution is 0.0940. The quantitative estimate of drug-likeness (QED) is 0.870. The lowest BCUT2D eigenvalue weighted by Crippen LogP contribution is -2.32. The van der Waals surface area contributed by atoms with E-state index in [0.29, 0.717) is 11.5 Å². The molecule has 0 spiro atoms. The first-order valence-corrected chi connectivity index (χ1v) is 7.52. The summed E-state index contributed by atoms with van der Waals surface area (Å²) in [4.78, 5) is 12.3. The molecule has 0 bridgehead atoms. The molecule has 2 aromatic carbocycles. The maximum Gasteiger partial charge on any atom is 0.253 e. The molecule has 1 amide bonds. The maximum absolute atomic E-state index is 12.3. The average molecular weight is 280 g/mol. The predicted molar refractivity (Wildman–Crippen MR) is 85.8 cm³/mol. The summed E-state index contributed by atoms with van der Waals surface area (Å²) >= 11 is 0. The summed E-state index contributed by atoms with van der Waals surface area (Å²) in [5.74, 6) is 0.670. The van der Waals surface area contributed by atoms with Crippen molar-refractivity contribution in [2.24, 2.45) is 5.92 Å². The van der Waals surface area contributed by atoms with E-state index in [1.165, 1.54) is 19.3 Å². The second kappa shape index (κ2) is 6.44. The van der Waals surface area contributed by atoms with Crippen LogP contribution in [0.25, 0.3) is 0 Å². The molecule has 0 radical (unpaired) electrons. The number of amides is 1. The van der Waals surface area contributed by atoms with E-state index >= 15 is 0 Å². The smallest absolute Gasteiger partial charge is 0.253 e. The van der Waals surface area contributed by atoms with Crippen LogP contribution in [0.2, 0.25) is 0 Å². The van der Waals surface area contributed by atoms with Crippen LogP contribution in [0.1, 0.15) is 29.6 Å². The minimum Gasteiger partial charge on any atom is -0.355 e. The molecule has 0 unspecified atom stereocenters. The second-order valence-corrected chi connectivity index (χ2v) is 5.54. The Morgan fingerprint density at radius 2 is 1.71 bits per heavy atom. The Balaban J connectivity index is 1.70. The van der Waals surface area contributed by atoms with Gasteiger partial charge in [-0.15, -0.1) is 0 Å². The Morgan fingerprint density at radius 3 is 2.43 bits per heavy atom. The van der Waals surface area contributed by atoms with Gasteiger partial charge in [-0.3, -0.25) is 4.79 Å². The van der Waals surface area contributed by atoms with Crippen LogP contribution in [0, 0.1) is 5.92 Å². The number of para-hydroxylation sites is 2. The van der Waals surface area contributed by atoms with Crippen LogP contribution in [-0.4, -0.2) is 12.5 Å². The highest BCUT2D eigenvalue weighted by molar-refractivity contribution is 6.00. The number of rotatable bonds is 5. The summed E-state index contributed by atoms with van der Waals surface area (Å²) in [7, 11) is 0. The van der Waals surface area contributed by atoms with Gasteiger partial charge < -0.3 is 10.6 Å². The molecular weight excluding hydrogens is 260 g/mol. The van der Waals surface area contributed by atoms with Crippen LogP contribution in [0.3, 0.4) is 0 Å². The van der Waals surface area contributed by atoms with E-state index in [2.05, 4.69) is 10.6 Å². The zero-order valence-corrected chi connectivity index (χ0v) is 12.0.